The number of carbonyl (C=O) groups is 1. The minimum absolute atomic E-state index is 0.0421. The first-order valence-corrected chi connectivity index (χ1v) is 9.29. The highest BCUT2D eigenvalue weighted by Crippen LogP contribution is 2.24. The molecule has 0 saturated heterocycles. The third kappa shape index (κ3) is 4.45. The summed E-state index contributed by atoms with van der Waals surface area (Å²) in [4.78, 5) is 12.2. The number of benzene rings is 1. The zero-order chi connectivity index (χ0) is 17.0. The molecule has 1 aromatic carbocycles. The molecule has 1 aliphatic rings. The molecule has 1 atom stereocenters. The molecule has 1 fully saturated rings. The molecule has 0 spiro atoms. The molecule has 6 nitrogen and oxygen atoms in total. The first-order chi connectivity index (χ1) is 10.8. The summed E-state index contributed by atoms with van der Waals surface area (Å²) >= 11 is 0. The second kappa shape index (κ2) is 7.31. The lowest BCUT2D eigenvalue weighted by atomic mass is 10.2. The molecule has 1 saturated carbocycles. The van der Waals surface area contributed by atoms with Gasteiger partial charge in [-0.2, -0.15) is 4.72 Å². The molecule has 2 rings (SSSR count). The van der Waals surface area contributed by atoms with Gasteiger partial charge in [0.15, 0.2) is 0 Å². The van der Waals surface area contributed by atoms with Crippen LogP contribution in [0.4, 0.5) is 0 Å². The van der Waals surface area contributed by atoms with Crippen molar-refractivity contribution in [2.24, 2.45) is 0 Å². The van der Waals surface area contributed by atoms with E-state index in [1.165, 1.54) is 13.2 Å². The summed E-state index contributed by atoms with van der Waals surface area (Å²) in [6.07, 6.45) is 4.12. The fourth-order valence-corrected chi connectivity index (χ4v) is 4.20. The van der Waals surface area contributed by atoms with Gasteiger partial charge in [-0.25, -0.2) is 8.42 Å². The molecule has 0 heterocycles. The number of amides is 1. The predicted octanol–water partition coefficient (Wildman–Crippen LogP) is 1.73. The van der Waals surface area contributed by atoms with Crippen LogP contribution in [0.3, 0.4) is 0 Å². The summed E-state index contributed by atoms with van der Waals surface area (Å²) in [6, 6.07) is 4.22. The van der Waals surface area contributed by atoms with Crippen molar-refractivity contribution < 1.29 is 17.9 Å². The van der Waals surface area contributed by atoms with Gasteiger partial charge < -0.3 is 10.1 Å². The van der Waals surface area contributed by atoms with Gasteiger partial charge in [0, 0.05) is 6.04 Å². The van der Waals surface area contributed by atoms with Gasteiger partial charge in [0.05, 0.1) is 13.2 Å². The summed E-state index contributed by atoms with van der Waals surface area (Å²) in [5.41, 5.74) is 0.800. The normalized spacial score (nSPS) is 17.0. The molecule has 23 heavy (non-hydrogen) atoms. The first-order valence-electron chi connectivity index (χ1n) is 7.81. The number of methoxy groups -OCH3 is 1. The molecule has 1 amide bonds. The van der Waals surface area contributed by atoms with Crippen LogP contribution in [0, 0.1) is 6.92 Å². The lowest BCUT2D eigenvalue weighted by molar-refractivity contribution is -0.123. The standard InChI is InChI=1S/C16H24N2O4S/c1-11-8-9-14(22-3)15(10-11)23(20,21)18-12(2)16(19)17-13-6-4-5-7-13/h8-10,12-13,18H,4-7H2,1-3H3,(H,17,19)/t12-/m1/s1. The van der Waals surface area contributed by atoms with Crippen molar-refractivity contribution in [2.75, 3.05) is 7.11 Å². The maximum absolute atomic E-state index is 12.5. The SMILES string of the molecule is COc1ccc(C)cc1S(=O)(=O)N[C@H](C)C(=O)NC1CCCC1. The van der Waals surface area contributed by atoms with E-state index in [-0.39, 0.29) is 22.6 Å². The number of nitrogens with one attached hydrogen (secondary N) is 2. The van der Waals surface area contributed by atoms with Crippen molar-refractivity contribution in [2.45, 2.75) is 56.5 Å². The maximum atomic E-state index is 12.5. The number of carbonyl (C=O) groups excluding carboxylic acids is 1. The van der Waals surface area contributed by atoms with Crippen LogP contribution in [0.25, 0.3) is 0 Å². The summed E-state index contributed by atoms with van der Waals surface area (Å²) in [6.45, 7) is 3.35. The van der Waals surface area contributed by atoms with Crippen molar-refractivity contribution in [1.29, 1.82) is 0 Å². The molecule has 1 aromatic rings. The van der Waals surface area contributed by atoms with Gasteiger partial charge in [-0.05, 0) is 44.4 Å². The van der Waals surface area contributed by atoms with Gasteiger partial charge in [-0.3, -0.25) is 4.79 Å². The Bertz CT molecular complexity index is 667. The minimum atomic E-state index is -3.84. The average Bonchev–Trinajstić information content (AvgIpc) is 2.99. The molecule has 0 radical (unpaired) electrons. The van der Waals surface area contributed by atoms with Gasteiger partial charge in [0.1, 0.15) is 10.6 Å². The zero-order valence-corrected chi connectivity index (χ0v) is 14.6. The Balaban J connectivity index is 2.10. The van der Waals surface area contributed by atoms with Crippen LogP contribution in [0.2, 0.25) is 0 Å². The second-order valence-electron chi connectivity index (χ2n) is 5.99. The Kier molecular flexibility index (Phi) is 5.64. The van der Waals surface area contributed by atoms with Crippen LogP contribution in [0.15, 0.2) is 23.1 Å². The largest absolute Gasteiger partial charge is 0.495 e. The van der Waals surface area contributed by atoms with E-state index in [1.807, 2.05) is 0 Å². The van der Waals surface area contributed by atoms with Crippen LogP contribution < -0.4 is 14.8 Å². The highest BCUT2D eigenvalue weighted by Gasteiger charge is 2.27. The topological polar surface area (TPSA) is 84.5 Å². The van der Waals surface area contributed by atoms with Gasteiger partial charge >= 0.3 is 0 Å². The lowest BCUT2D eigenvalue weighted by Crippen LogP contribution is -2.47. The third-order valence-electron chi connectivity index (χ3n) is 4.04. The van der Waals surface area contributed by atoms with E-state index in [4.69, 9.17) is 4.74 Å². The van der Waals surface area contributed by atoms with Crippen LogP contribution in [0.1, 0.15) is 38.2 Å². The van der Waals surface area contributed by atoms with Gasteiger partial charge in [-0.1, -0.05) is 18.9 Å². The van der Waals surface area contributed by atoms with Gasteiger partial charge in [-0.15, -0.1) is 0 Å². The summed E-state index contributed by atoms with van der Waals surface area (Å²) in [5, 5.41) is 2.90. The Hall–Kier alpha value is -1.60. The Morgan fingerprint density at radius 3 is 2.57 bits per heavy atom. The Morgan fingerprint density at radius 1 is 1.30 bits per heavy atom. The zero-order valence-electron chi connectivity index (χ0n) is 13.8. The highest BCUT2D eigenvalue weighted by molar-refractivity contribution is 7.89. The fraction of sp³-hybridized carbons (Fsp3) is 0.562. The van der Waals surface area contributed by atoms with Gasteiger partial charge in [0.2, 0.25) is 15.9 Å². The molecule has 0 unspecified atom stereocenters. The lowest BCUT2D eigenvalue weighted by Gasteiger charge is -2.18. The molecular formula is C16H24N2O4S. The first kappa shape index (κ1) is 17.7. The number of rotatable bonds is 6. The number of aryl methyl sites for hydroxylation is 1. The average molecular weight is 340 g/mol. The van der Waals surface area contributed by atoms with Crippen LogP contribution >= 0.6 is 0 Å². The van der Waals surface area contributed by atoms with E-state index < -0.39 is 16.1 Å². The van der Waals surface area contributed by atoms with E-state index >= 15 is 0 Å². The van der Waals surface area contributed by atoms with Crippen LogP contribution in [-0.2, 0) is 14.8 Å². The monoisotopic (exact) mass is 340 g/mol. The van der Waals surface area contributed by atoms with Crippen molar-refractivity contribution in [1.82, 2.24) is 10.0 Å². The molecular weight excluding hydrogens is 316 g/mol. The van der Waals surface area contributed by atoms with E-state index in [9.17, 15) is 13.2 Å². The van der Waals surface area contributed by atoms with Gasteiger partial charge in [0.25, 0.3) is 0 Å². The van der Waals surface area contributed by atoms with E-state index in [2.05, 4.69) is 10.0 Å². The highest BCUT2D eigenvalue weighted by atomic mass is 32.2. The number of sulfonamides is 1. The molecule has 1 aliphatic carbocycles. The molecule has 0 aromatic heterocycles. The van der Waals surface area contributed by atoms with E-state index in [0.717, 1.165) is 31.2 Å². The van der Waals surface area contributed by atoms with Crippen molar-refractivity contribution in [3.8, 4) is 5.75 Å². The molecule has 128 valence electrons. The third-order valence-corrected chi connectivity index (χ3v) is 5.60. The van der Waals surface area contributed by atoms with Crippen molar-refractivity contribution in [3.63, 3.8) is 0 Å². The van der Waals surface area contributed by atoms with E-state index in [0.29, 0.717) is 0 Å². The maximum Gasteiger partial charge on any atom is 0.244 e. The quantitative estimate of drug-likeness (QED) is 0.826. The van der Waals surface area contributed by atoms with Crippen molar-refractivity contribution in [3.05, 3.63) is 23.8 Å². The second-order valence-corrected chi connectivity index (χ2v) is 7.67. The van der Waals surface area contributed by atoms with Crippen LogP contribution in [-0.4, -0.2) is 33.5 Å². The molecule has 0 aliphatic heterocycles. The van der Waals surface area contributed by atoms with Crippen molar-refractivity contribution >= 4 is 15.9 Å². The molecule has 0 bridgehead atoms. The number of hydrogen-bond acceptors (Lipinski definition) is 4. The number of hydrogen-bond donors (Lipinski definition) is 2. The van der Waals surface area contributed by atoms with E-state index in [1.54, 1.807) is 26.0 Å². The molecule has 7 heteroatoms. The molecule has 2 N–H and O–H groups in total. The summed E-state index contributed by atoms with van der Waals surface area (Å²) < 4.78 is 32.6. The summed E-state index contributed by atoms with van der Waals surface area (Å²) in [5.74, 6) is -0.0430. The summed E-state index contributed by atoms with van der Waals surface area (Å²) in [7, 11) is -2.42. The Labute approximate surface area is 137 Å². The predicted molar refractivity (Wildman–Crippen MR) is 87.9 cm³/mol. The minimum Gasteiger partial charge on any atom is -0.495 e. The Morgan fingerprint density at radius 2 is 1.96 bits per heavy atom. The number of ether oxygens (including phenoxy) is 1. The fourth-order valence-electron chi connectivity index (χ4n) is 2.74. The van der Waals surface area contributed by atoms with Crippen LogP contribution in [0.5, 0.6) is 5.75 Å². The smallest absolute Gasteiger partial charge is 0.244 e.